The van der Waals surface area contributed by atoms with E-state index < -0.39 is 5.97 Å². The third kappa shape index (κ3) is 3.05. The lowest BCUT2D eigenvalue weighted by molar-refractivity contribution is -0.610. The molecule has 0 aliphatic carbocycles. The first-order valence-corrected chi connectivity index (χ1v) is 7.44. The van der Waals surface area contributed by atoms with Crippen molar-refractivity contribution in [3.8, 4) is 16.9 Å². The highest BCUT2D eigenvalue weighted by atomic mass is 16.5. The van der Waals surface area contributed by atoms with Crippen LogP contribution in [0, 0.1) is 12.1 Å². The van der Waals surface area contributed by atoms with Crippen molar-refractivity contribution in [3.63, 3.8) is 0 Å². The number of carbonyl (C=O) groups is 1. The predicted molar refractivity (Wildman–Crippen MR) is 91.6 cm³/mol. The summed E-state index contributed by atoms with van der Waals surface area (Å²) >= 11 is 0. The smallest absolute Gasteiger partial charge is 0.328 e. The van der Waals surface area contributed by atoms with E-state index in [9.17, 15) is 10.0 Å². The molecular weight excluding hydrogens is 304 g/mol. The number of benzene rings is 2. The molecule has 0 radical (unpaired) electrons. The van der Waals surface area contributed by atoms with Gasteiger partial charge in [0.05, 0.1) is 0 Å². The van der Waals surface area contributed by atoms with Crippen molar-refractivity contribution in [1.29, 1.82) is 0 Å². The highest BCUT2D eigenvalue weighted by molar-refractivity contribution is 5.85. The van der Waals surface area contributed by atoms with Crippen LogP contribution in [0.15, 0.2) is 67.0 Å². The fraction of sp³-hybridized carbons (Fsp3) is 0.0526. The highest BCUT2D eigenvalue weighted by Crippen LogP contribution is 2.25. The van der Waals surface area contributed by atoms with Crippen LogP contribution in [0.1, 0.15) is 11.3 Å². The van der Waals surface area contributed by atoms with Crippen LogP contribution in [-0.4, -0.2) is 15.6 Å². The predicted octanol–water partition coefficient (Wildman–Crippen LogP) is 3.18. The lowest BCUT2D eigenvalue weighted by atomic mass is 10.1. The normalized spacial score (nSPS) is 11.0. The summed E-state index contributed by atoms with van der Waals surface area (Å²) in [5.41, 5.74) is 4.02. The molecule has 3 rings (SSSR count). The van der Waals surface area contributed by atoms with E-state index in [-0.39, 0.29) is 0 Å². The average molecular weight is 320 g/mol. The van der Waals surface area contributed by atoms with Gasteiger partial charge in [0, 0.05) is 18.6 Å². The first-order chi connectivity index (χ1) is 11.6. The zero-order valence-corrected chi connectivity index (χ0v) is 13.1. The van der Waals surface area contributed by atoms with Gasteiger partial charge in [0.1, 0.15) is 5.69 Å². The molecular formula is C19H16N2O3. The van der Waals surface area contributed by atoms with Crippen LogP contribution >= 0.6 is 0 Å². The molecule has 5 heteroatoms. The van der Waals surface area contributed by atoms with Gasteiger partial charge >= 0.3 is 5.97 Å². The van der Waals surface area contributed by atoms with Gasteiger partial charge < -0.3 is 10.3 Å². The molecule has 0 atom stereocenters. The topological polar surface area (TPSA) is 69.2 Å². The standard InChI is InChI=1S/C19H16N2O3/c1-14-19(16-5-3-2-4-6-16)20(13-21(14)24)17-10-7-15(8-11-17)9-12-18(22)23/h2-13H,1H3,(H,22,23)/b12-9+. The number of imidazole rings is 1. The van der Waals surface area contributed by atoms with E-state index in [4.69, 9.17) is 5.11 Å². The fourth-order valence-corrected chi connectivity index (χ4v) is 2.58. The molecule has 3 aromatic rings. The number of aromatic nitrogens is 2. The Labute approximate surface area is 139 Å². The van der Waals surface area contributed by atoms with Crippen LogP contribution in [0.3, 0.4) is 0 Å². The van der Waals surface area contributed by atoms with Gasteiger partial charge in [-0.05, 0) is 23.8 Å². The summed E-state index contributed by atoms with van der Waals surface area (Å²) in [6.45, 7) is 1.79. The maximum atomic E-state index is 12.1. The van der Waals surface area contributed by atoms with Crippen molar-refractivity contribution in [2.75, 3.05) is 0 Å². The van der Waals surface area contributed by atoms with E-state index in [2.05, 4.69) is 0 Å². The molecule has 2 aromatic carbocycles. The Hall–Kier alpha value is -3.34. The van der Waals surface area contributed by atoms with E-state index in [1.54, 1.807) is 6.92 Å². The summed E-state index contributed by atoms with van der Waals surface area (Å²) < 4.78 is 2.68. The summed E-state index contributed by atoms with van der Waals surface area (Å²) in [5, 5.41) is 20.7. The van der Waals surface area contributed by atoms with Crippen molar-refractivity contribution in [3.05, 3.63) is 83.5 Å². The molecule has 1 heterocycles. The first-order valence-electron chi connectivity index (χ1n) is 7.44. The number of carboxylic acids is 1. The SMILES string of the molecule is Cc1c(-c2ccccc2)n(-c2ccc(/C=C/C(=O)O)cc2)c[n+]1[O-]. The molecule has 0 unspecified atom stereocenters. The van der Waals surface area contributed by atoms with Crippen LogP contribution in [0.25, 0.3) is 23.0 Å². The van der Waals surface area contributed by atoms with Crippen molar-refractivity contribution in [2.45, 2.75) is 6.92 Å². The van der Waals surface area contributed by atoms with E-state index in [1.165, 1.54) is 12.4 Å². The monoisotopic (exact) mass is 320 g/mol. The zero-order valence-electron chi connectivity index (χ0n) is 13.1. The lowest BCUT2D eigenvalue weighted by Gasteiger charge is -2.03. The molecule has 1 N–H and O–H groups in total. The van der Waals surface area contributed by atoms with E-state index >= 15 is 0 Å². The highest BCUT2D eigenvalue weighted by Gasteiger charge is 2.19. The van der Waals surface area contributed by atoms with Crippen LogP contribution in [0.2, 0.25) is 0 Å². The minimum absolute atomic E-state index is 0.621. The minimum atomic E-state index is -0.987. The molecule has 0 spiro atoms. The van der Waals surface area contributed by atoms with Crippen LogP contribution in [0.4, 0.5) is 0 Å². The number of carboxylic acid groups (broad SMARTS) is 1. The van der Waals surface area contributed by atoms with Gasteiger partial charge in [-0.1, -0.05) is 42.5 Å². The number of rotatable bonds is 4. The second-order valence-electron chi connectivity index (χ2n) is 5.37. The molecule has 1 aromatic heterocycles. The van der Waals surface area contributed by atoms with E-state index in [0.717, 1.165) is 33.3 Å². The third-order valence-corrected chi connectivity index (χ3v) is 3.77. The maximum absolute atomic E-state index is 12.1. The van der Waals surface area contributed by atoms with Gasteiger partial charge in [0.15, 0.2) is 11.4 Å². The second-order valence-corrected chi connectivity index (χ2v) is 5.37. The Kier molecular flexibility index (Phi) is 4.16. The van der Waals surface area contributed by atoms with Crippen molar-refractivity contribution < 1.29 is 14.6 Å². The number of aliphatic carboxylic acids is 1. The van der Waals surface area contributed by atoms with Gasteiger partial charge in [-0.2, -0.15) is 4.57 Å². The Morgan fingerprint density at radius 3 is 2.42 bits per heavy atom. The van der Waals surface area contributed by atoms with Crippen molar-refractivity contribution >= 4 is 12.0 Å². The average Bonchev–Trinajstić information content (AvgIpc) is 2.89. The number of hydrogen-bond acceptors (Lipinski definition) is 2. The Morgan fingerprint density at radius 2 is 1.79 bits per heavy atom. The molecule has 0 aliphatic rings. The van der Waals surface area contributed by atoms with E-state index in [1.807, 2.05) is 59.2 Å². The molecule has 5 nitrogen and oxygen atoms in total. The zero-order chi connectivity index (χ0) is 17.1. The molecule has 0 aliphatic heterocycles. The Morgan fingerprint density at radius 1 is 1.12 bits per heavy atom. The van der Waals surface area contributed by atoms with Crippen LogP contribution < -0.4 is 4.73 Å². The quantitative estimate of drug-likeness (QED) is 0.456. The summed E-state index contributed by atoms with van der Waals surface area (Å²) in [6, 6.07) is 17.1. The molecule has 120 valence electrons. The van der Waals surface area contributed by atoms with Gasteiger partial charge in [0.25, 0.3) is 6.33 Å². The van der Waals surface area contributed by atoms with Gasteiger partial charge in [-0.15, -0.1) is 0 Å². The van der Waals surface area contributed by atoms with E-state index in [0.29, 0.717) is 5.69 Å². The molecule has 0 bridgehead atoms. The van der Waals surface area contributed by atoms with Crippen LogP contribution in [-0.2, 0) is 4.79 Å². The maximum Gasteiger partial charge on any atom is 0.328 e. The molecule has 0 amide bonds. The summed E-state index contributed by atoms with van der Waals surface area (Å²) in [5.74, 6) is -0.987. The number of nitrogens with zero attached hydrogens (tertiary/aromatic N) is 2. The molecule has 0 fully saturated rings. The second kappa shape index (κ2) is 6.42. The molecule has 0 saturated carbocycles. The Bertz CT molecular complexity index is 894. The van der Waals surface area contributed by atoms with Gasteiger partial charge in [-0.25, -0.2) is 9.52 Å². The fourth-order valence-electron chi connectivity index (χ4n) is 2.58. The molecule has 24 heavy (non-hydrogen) atoms. The van der Waals surface area contributed by atoms with Crippen LogP contribution in [0.5, 0.6) is 0 Å². The third-order valence-electron chi connectivity index (χ3n) is 3.77. The first kappa shape index (κ1) is 15.6. The number of hydrogen-bond donors (Lipinski definition) is 1. The summed E-state index contributed by atoms with van der Waals surface area (Å²) in [6.07, 6.45) is 4.12. The van der Waals surface area contributed by atoms with Crippen molar-refractivity contribution in [1.82, 2.24) is 4.57 Å². The summed E-state index contributed by atoms with van der Waals surface area (Å²) in [4.78, 5) is 10.6. The van der Waals surface area contributed by atoms with Gasteiger partial charge in [0.2, 0.25) is 0 Å². The van der Waals surface area contributed by atoms with Crippen molar-refractivity contribution in [2.24, 2.45) is 0 Å². The van der Waals surface area contributed by atoms with Gasteiger partial charge in [-0.3, -0.25) is 0 Å². The summed E-state index contributed by atoms with van der Waals surface area (Å²) in [7, 11) is 0. The lowest BCUT2D eigenvalue weighted by Crippen LogP contribution is -2.26. The largest absolute Gasteiger partial charge is 0.711 e. The Balaban J connectivity index is 2.04. The molecule has 0 saturated heterocycles. The minimum Gasteiger partial charge on any atom is -0.711 e.